The fourth-order valence-electron chi connectivity index (χ4n) is 3.30. The van der Waals surface area contributed by atoms with Gasteiger partial charge in [0, 0.05) is 37.8 Å². The van der Waals surface area contributed by atoms with Crippen LogP contribution in [0.3, 0.4) is 0 Å². The van der Waals surface area contributed by atoms with Crippen LogP contribution in [-0.2, 0) is 11.3 Å². The molecule has 3 aromatic rings. The molecule has 0 saturated heterocycles. The normalized spacial score (nSPS) is 14.4. The topological polar surface area (TPSA) is 65.9 Å². The summed E-state index contributed by atoms with van der Waals surface area (Å²) in [5.41, 5.74) is 2.68. The zero-order valence-corrected chi connectivity index (χ0v) is 16.8. The van der Waals surface area contributed by atoms with Crippen LogP contribution in [0.5, 0.6) is 11.5 Å². The fourth-order valence-corrected chi connectivity index (χ4v) is 4.25. The summed E-state index contributed by atoms with van der Waals surface area (Å²) in [6.45, 7) is 4.59. The van der Waals surface area contributed by atoms with Gasteiger partial charge in [0.05, 0.1) is 16.8 Å². The summed E-state index contributed by atoms with van der Waals surface area (Å²) in [5, 5.41) is 11.4. The average molecular weight is 398 g/mol. The second-order valence-electron chi connectivity index (χ2n) is 6.94. The van der Waals surface area contributed by atoms with E-state index >= 15 is 0 Å². The number of hydrogen-bond acceptors (Lipinski definition) is 6. The Balaban J connectivity index is 1.65. The first-order chi connectivity index (χ1) is 13.5. The van der Waals surface area contributed by atoms with Crippen molar-refractivity contribution in [1.29, 1.82) is 0 Å². The highest BCUT2D eigenvalue weighted by atomic mass is 32.1. The van der Waals surface area contributed by atoms with E-state index < -0.39 is 0 Å². The van der Waals surface area contributed by atoms with E-state index in [9.17, 15) is 9.90 Å². The number of ether oxygens (including phenoxy) is 1. The third-order valence-corrected chi connectivity index (χ3v) is 6.08. The van der Waals surface area contributed by atoms with Gasteiger partial charge in [0.1, 0.15) is 11.6 Å². The number of hydrogen-bond donors (Lipinski definition) is 1. The maximum atomic E-state index is 12.3. The molecule has 0 spiro atoms. The van der Waals surface area contributed by atoms with Gasteiger partial charge >= 0.3 is 0 Å². The molecule has 0 bridgehead atoms. The Bertz CT molecular complexity index is 984. The Morgan fingerprint density at radius 3 is 2.96 bits per heavy atom. The summed E-state index contributed by atoms with van der Waals surface area (Å²) in [4.78, 5) is 20.8. The highest BCUT2D eigenvalue weighted by molar-refractivity contribution is 7.21. The van der Waals surface area contributed by atoms with Crippen LogP contribution in [0.4, 0.5) is 0 Å². The highest BCUT2D eigenvalue weighted by Crippen LogP contribution is 2.39. The van der Waals surface area contributed by atoms with Crippen molar-refractivity contribution in [2.24, 2.45) is 0 Å². The van der Waals surface area contributed by atoms with E-state index in [-0.39, 0.29) is 11.7 Å². The maximum Gasteiger partial charge on any atom is 0.236 e. The van der Waals surface area contributed by atoms with E-state index in [1.54, 1.807) is 22.3 Å². The molecule has 1 aromatic heterocycles. The van der Waals surface area contributed by atoms with Gasteiger partial charge in [0.2, 0.25) is 5.91 Å². The molecular weight excluding hydrogens is 374 g/mol. The zero-order valence-electron chi connectivity index (χ0n) is 16.0. The number of carbonyl (C=O) groups is 1. The van der Waals surface area contributed by atoms with Gasteiger partial charge in [0.15, 0.2) is 11.5 Å². The number of amides is 1. The number of likely N-dealkylation sites (N-methyl/N-ethyl adjacent to an activating group) is 1. The minimum Gasteiger partial charge on any atom is -0.504 e. The number of phenolic OH excluding ortho intramolecular Hbond substituents is 1. The van der Waals surface area contributed by atoms with Gasteiger partial charge in [-0.1, -0.05) is 12.1 Å². The monoisotopic (exact) mass is 397 g/mol. The quantitative estimate of drug-likeness (QED) is 0.731. The van der Waals surface area contributed by atoms with E-state index in [1.807, 2.05) is 44.3 Å². The molecule has 4 rings (SSSR count). The minimum atomic E-state index is 0.0810. The number of thiazole rings is 1. The lowest BCUT2D eigenvalue weighted by molar-refractivity contribution is -0.131. The predicted molar refractivity (Wildman–Crippen MR) is 111 cm³/mol. The van der Waals surface area contributed by atoms with Gasteiger partial charge < -0.3 is 14.7 Å². The van der Waals surface area contributed by atoms with Gasteiger partial charge in [-0.3, -0.25) is 9.69 Å². The number of benzene rings is 2. The van der Waals surface area contributed by atoms with E-state index in [0.717, 1.165) is 26.4 Å². The number of rotatable bonds is 4. The number of aromatic nitrogens is 1. The van der Waals surface area contributed by atoms with Crippen LogP contribution in [0.25, 0.3) is 20.8 Å². The SMILES string of the molecule is CCN(C)C(=O)CN1CCOc2c(O)cc(-c3nc4ccccc4s3)cc2C1. The first kappa shape index (κ1) is 18.7. The first-order valence-corrected chi connectivity index (χ1v) is 10.2. The minimum absolute atomic E-state index is 0.0810. The van der Waals surface area contributed by atoms with E-state index in [0.29, 0.717) is 38.5 Å². The molecular formula is C21H23N3O3S. The van der Waals surface area contributed by atoms with Crippen molar-refractivity contribution in [3.63, 3.8) is 0 Å². The van der Waals surface area contributed by atoms with E-state index in [1.165, 1.54) is 0 Å². The summed E-state index contributed by atoms with van der Waals surface area (Å²) in [6.07, 6.45) is 0. The first-order valence-electron chi connectivity index (χ1n) is 9.36. The molecule has 1 aliphatic rings. The van der Waals surface area contributed by atoms with Crippen molar-refractivity contribution in [3.8, 4) is 22.1 Å². The molecule has 2 aromatic carbocycles. The van der Waals surface area contributed by atoms with Gasteiger partial charge in [-0.15, -0.1) is 11.3 Å². The summed E-state index contributed by atoms with van der Waals surface area (Å²) in [5.74, 6) is 0.701. The fraction of sp³-hybridized carbons (Fsp3) is 0.333. The van der Waals surface area contributed by atoms with Gasteiger partial charge in [-0.25, -0.2) is 4.98 Å². The standard InChI is InChI=1S/C21H23N3O3S/c1-3-23(2)19(26)13-24-8-9-27-20-15(12-24)10-14(11-17(20)25)21-22-16-6-4-5-7-18(16)28-21/h4-7,10-11,25H,3,8-9,12-13H2,1-2H3. The number of aromatic hydroxyl groups is 1. The molecule has 2 heterocycles. The summed E-state index contributed by atoms with van der Waals surface area (Å²) in [6, 6.07) is 11.7. The number of para-hydroxylation sites is 1. The van der Waals surface area contributed by atoms with Crippen LogP contribution in [0.15, 0.2) is 36.4 Å². The maximum absolute atomic E-state index is 12.3. The van der Waals surface area contributed by atoms with Crippen molar-refractivity contribution in [3.05, 3.63) is 42.0 Å². The summed E-state index contributed by atoms with van der Waals surface area (Å²) < 4.78 is 6.90. The Labute approximate surface area is 168 Å². The second kappa shape index (κ2) is 7.77. The molecule has 0 aliphatic carbocycles. The molecule has 0 fully saturated rings. The number of nitrogens with zero attached hydrogens (tertiary/aromatic N) is 3. The van der Waals surface area contributed by atoms with Gasteiger partial charge in [-0.05, 0) is 31.2 Å². The molecule has 1 aliphatic heterocycles. The van der Waals surface area contributed by atoms with Gasteiger partial charge in [0.25, 0.3) is 0 Å². The lowest BCUT2D eigenvalue weighted by atomic mass is 10.1. The molecule has 0 atom stereocenters. The molecule has 7 heteroatoms. The molecule has 6 nitrogen and oxygen atoms in total. The van der Waals surface area contributed by atoms with Crippen LogP contribution < -0.4 is 4.74 Å². The van der Waals surface area contributed by atoms with Crippen molar-refractivity contribution in [2.45, 2.75) is 13.5 Å². The molecule has 0 radical (unpaired) electrons. The molecule has 0 unspecified atom stereocenters. The third-order valence-electron chi connectivity index (χ3n) is 4.99. The van der Waals surface area contributed by atoms with Gasteiger partial charge in [-0.2, -0.15) is 0 Å². The predicted octanol–water partition coefficient (Wildman–Crippen LogP) is 3.34. The third kappa shape index (κ3) is 3.68. The lowest BCUT2D eigenvalue weighted by Crippen LogP contribution is -2.38. The van der Waals surface area contributed by atoms with Crippen LogP contribution in [0, 0.1) is 0 Å². The Hall–Kier alpha value is -2.64. The zero-order chi connectivity index (χ0) is 19.7. The van der Waals surface area contributed by atoms with E-state index in [2.05, 4.69) is 4.90 Å². The molecule has 146 valence electrons. The van der Waals surface area contributed by atoms with E-state index in [4.69, 9.17) is 9.72 Å². The molecule has 1 amide bonds. The van der Waals surface area contributed by atoms with Crippen LogP contribution >= 0.6 is 11.3 Å². The average Bonchev–Trinajstić information content (AvgIpc) is 3.02. The largest absolute Gasteiger partial charge is 0.504 e. The van der Waals surface area contributed by atoms with Crippen molar-refractivity contribution >= 4 is 27.5 Å². The number of fused-ring (bicyclic) bond motifs is 2. The highest BCUT2D eigenvalue weighted by Gasteiger charge is 2.22. The second-order valence-corrected chi connectivity index (χ2v) is 7.97. The molecule has 28 heavy (non-hydrogen) atoms. The number of carbonyl (C=O) groups excluding carboxylic acids is 1. The van der Waals surface area contributed by atoms with Crippen LogP contribution in [-0.4, -0.2) is 59.1 Å². The van der Waals surface area contributed by atoms with Crippen LogP contribution in [0.1, 0.15) is 12.5 Å². The van der Waals surface area contributed by atoms with Crippen molar-refractivity contribution < 1.29 is 14.6 Å². The van der Waals surface area contributed by atoms with Crippen molar-refractivity contribution in [1.82, 2.24) is 14.8 Å². The number of phenols is 1. The summed E-state index contributed by atoms with van der Waals surface area (Å²) in [7, 11) is 1.81. The smallest absolute Gasteiger partial charge is 0.236 e. The Morgan fingerprint density at radius 2 is 2.18 bits per heavy atom. The molecule has 0 saturated carbocycles. The Kier molecular flexibility index (Phi) is 5.19. The Morgan fingerprint density at radius 1 is 1.36 bits per heavy atom. The molecule has 1 N–H and O–H groups in total. The summed E-state index contributed by atoms with van der Waals surface area (Å²) >= 11 is 1.60. The van der Waals surface area contributed by atoms with Crippen LogP contribution in [0.2, 0.25) is 0 Å². The lowest BCUT2D eigenvalue weighted by Gasteiger charge is -2.22. The van der Waals surface area contributed by atoms with Crippen molar-refractivity contribution in [2.75, 3.05) is 33.3 Å².